The molecule has 0 radical (unpaired) electrons. The Morgan fingerprint density at radius 1 is 0.931 bits per heavy atom. The van der Waals surface area contributed by atoms with Crippen LogP contribution in [0.15, 0.2) is 30.3 Å². The van der Waals surface area contributed by atoms with Crippen molar-refractivity contribution in [2.75, 3.05) is 0 Å². The molecule has 0 aromatic heterocycles. The van der Waals surface area contributed by atoms with E-state index in [1.165, 1.54) is 5.56 Å². The van der Waals surface area contributed by atoms with Crippen LogP contribution >= 0.6 is 7.82 Å². The van der Waals surface area contributed by atoms with Gasteiger partial charge in [0.05, 0.1) is 0 Å². The maximum absolute atomic E-state index is 10.7. The molecule has 1 rings (SSSR count). The zero-order chi connectivity index (χ0) is 24.7. The number of hydrogen-bond acceptors (Lipinski definition) is 6. The molecule has 0 bridgehead atoms. The highest BCUT2D eigenvalue weighted by Gasteiger charge is 2.44. The molecule has 1 aromatic rings. The first-order valence-electron chi connectivity index (χ1n) is 6.11. The monoisotopic (exact) mass is 498 g/mol. The topological polar surface area (TPSA) is 244 Å². The van der Waals surface area contributed by atoms with Crippen molar-refractivity contribution in [3.05, 3.63) is 35.9 Å². The van der Waals surface area contributed by atoms with Gasteiger partial charge in [-0.3, -0.25) is 18.5 Å². The van der Waals surface area contributed by atoms with Crippen molar-refractivity contribution in [2.24, 2.45) is 0 Å². The third kappa shape index (κ3) is 66.3. The van der Waals surface area contributed by atoms with Gasteiger partial charge in [0, 0.05) is 6.92 Å². The van der Waals surface area contributed by atoms with Gasteiger partial charge in [0.2, 0.25) is 0 Å². The lowest BCUT2D eigenvalue weighted by Crippen LogP contribution is -2.21. The molecule has 7 N–H and O–H groups in total. The van der Waals surface area contributed by atoms with Crippen molar-refractivity contribution in [2.45, 2.75) is 19.4 Å². The maximum Gasteiger partial charge on any atom is 0.522 e. The highest BCUT2D eigenvalue weighted by molar-refractivity contribution is 7.86. The summed E-state index contributed by atoms with van der Waals surface area (Å²) in [6, 6.07) is 10.3. The molecule has 13 nitrogen and oxygen atoms in total. The van der Waals surface area contributed by atoms with Gasteiger partial charge in [-0.25, -0.2) is 4.57 Å². The fourth-order valence-corrected chi connectivity index (χ4v) is 0.534. The van der Waals surface area contributed by atoms with E-state index in [1.54, 1.807) is 0 Å². The quantitative estimate of drug-likeness (QED) is 0.149. The normalized spacial score (nSPS) is 10.9. The zero-order valence-electron chi connectivity index (χ0n) is 14.4. The Morgan fingerprint density at radius 2 is 1.10 bits per heavy atom. The smallest absolute Gasteiger partial charge is 0.481 e. The van der Waals surface area contributed by atoms with Crippen LogP contribution in [-0.4, -0.2) is 61.8 Å². The van der Waals surface area contributed by atoms with Gasteiger partial charge in [-0.2, -0.15) is 30.0 Å². The van der Waals surface area contributed by atoms with E-state index in [1.807, 2.05) is 18.2 Å². The number of hydrogen-bond donors (Lipinski definition) is 7. The van der Waals surface area contributed by atoms with Crippen LogP contribution in [0.2, 0.25) is 0 Å². The number of benzene rings is 1. The standard InChI is InChI=1S/C7H8.C2H4O2.CHF3O3S.H3O4P.H2O4S/c1-7-5-3-2-4-6-7;1-2(3)4;2-1(3,4)8(5,6)7;2*1-5(2,3)4/h2-6H,1H3;1H3,(H,3,4);(H,5,6,7);(H3,1,2,3,4);(H2,1,2,3,4). The molecular formula is C10H18F3O13PS2. The number of aryl methyl sites for hydroxylation is 1. The Labute approximate surface area is 163 Å². The molecular weight excluding hydrogens is 480 g/mol. The van der Waals surface area contributed by atoms with Gasteiger partial charge in [-0.05, 0) is 6.92 Å². The lowest BCUT2D eigenvalue weighted by molar-refractivity contribution is -0.134. The van der Waals surface area contributed by atoms with Crippen LogP contribution in [0.3, 0.4) is 0 Å². The summed E-state index contributed by atoms with van der Waals surface area (Å²) in [4.78, 5) is 30.6. The largest absolute Gasteiger partial charge is 0.522 e. The molecule has 0 aliphatic heterocycles. The van der Waals surface area contributed by atoms with Crippen molar-refractivity contribution in [1.29, 1.82) is 0 Å². The average Bonchev–Trinajstić information content (AvgIpc) is 2.32. The highest BCUT2D eigenvalue weighted by atomic mass is 32.3. The van der Waals surface area contributed by atoms with Gasteiger partial charge in [-0.1, -0.05) is 35.9 Å². The van der Waals surface area contributed by atoms with Crippen LogP contribution in [-0.2, 0) is 29.9 Å². The maximum atomic E-state index is 10.7. The third-order valence-corrected chi connectivity index (χ3v) is 1.82. The summed E-state index contributed by atoms with van der Waals surface area (Å²) in [5.41, 5.74) is -4.21. The van der Waals surface area contributed by atoms with Crippen molar-refractivity contribution in [3.8, 4) is 0 Å². The first-order chi connectivity index (χ1) is 12.4. The summed E-state index contributed by atoms with van der Waals surface area (Å²) in [6.07, 6.45) is 0. The summed E-state index contributed by atoms with van der Waals surface area (Å²) in [7, 11) is -15.1. The number of carboxylic acids is 1. The highest BCUT2D eigenvalue weighted by Crippen LogP contribution is 2.25. The molecule has 19 heteroatoms. The molecule has 0 saturated carbocycles. The molecule has 0 heterocycles. The number of phosphoric acid groups is 1. The van der Waals surface area contributed by atoms with E-state index in [9.17, 15) is 13.2 Å². The van der Waals surface area contributed by atoms with Crippen LogP contribution in [0.25, 0.3) is 0 Å². The summed E-state index contributed by atoms with van der Waals surface area (Å²) in [5, 5.41) is 7.42. The minimum absolute atomic E-state index is 0.833. The molecule has 1 aromatic carbocycles. The summed E-state index contributed by atoms with van der Waals surface area (Å²) >= 11 is 0. The number of halogens is 3. The zero-order valence-corrected chi connectivity index (χ0v) is 16.9. The van der Waals surface area contributed by atoms with E-state index >= 15 is 0 Å². The van der Waals surface area contributed by atoms with Crippen LogP contribution in [0, 0.1) is 6.92 Å². The minimum atomic E-state index is -5.84. The first kappa shape index (κ1) is 34.8. The van der Waals surface area contributed by atoms with E-state index in [4.69, 9.17) is 59.6 Å². The third-order valence-electron chi connectivity index (χ3n) is 1.23. The van der Waals surface area contributed by atoms with Crippen molar-refractivity contribution < 1.29 is 72.8 Å². The van der Waals surface area contributed by atoms with Crippen LogP contribution < -0.4 is 0 Å². The summed E-state index contributed by atoms with van der Waals surface area (Å²) < 4.78 is 98.0. The average molecular weight is 498 g/mol. The van der Waals surface area contributed by atoms with E-state index in [0.29, 0.717) is 0 Å². The van der Waals surface area contributed by atoms with Crippen molar-refractivity contribution >= 4 is 34.3 Å². The van der Waals surface area contributed by atoms with Crippen molar-refractivity contribution in [3.63, 3.8) is 0 Å². The number of carbonyl (C=O) groups is 1. The predicted molar refractivity (Wildman–Crippen MR) is 90.5 cm³/mol. The Hall–Kier alpha value is -1.63. The summed E-state index contributed by atoms with van der Waals surface area (Å²) in [6.45, 7) is 3.17. The second kappa shape index (κ2) is 15.2. The number of rotatable bonds is 0. The lowest BCUT2D eigenvalue weighted by atomic mass is 10.2. The first-order valence-corrected chi connectivity index (χ1v) is 10.5. The molecule has 174 valence electrons. The SMILES string of the molecule is CC(=O)O.Cc1ccccc1.O=P(O)(O)O.O=S(=O)(O)C(F)(F)F.O=S(=O)(O)O. The molecule has 29 heavy (non-hydrogen) atoms. The Kier molecular flexibility index (Phi) is 18.3. The van der Waals surface area contributed by atoms with Crippen LogP contribution in [0.4, 0.5) is 13.2 Å². The Morgan fingerprint density at radius 3 is 1.17 bits per heavy atom. The molecule has 0 unspecified atom stereocenters. The molecule has 0 aliphatic rings. The molecule has 0 fully saturated rings. The van der Waals surface area contributed by atoms with E-state index in [-0.39, 0.29) is 0 Å². The molecule has 0 aliphatic carbocycles. The van der Waals surface area contributed by atoms with Crippen LogP contribution in [0.5, 0.6) is 0 Å². The second-order valence-electron chi connectivity index (χ2n) is 4.06. The van der Waals surface area contributed by atoms with Gasteiger partial charge >= 0.3 is 33.8 Å². The van der Waals surface area contributed by atoms with Gasteiger partial charge in [0.1, 0.15) is 0 Å². The Balaban J connectivity index is -0.000000138. The van der Waals surface area contributed by atoms with Gasteiger partial charge in [-0.15, -0.1) is 0 Å². The van der Waals surface area contributed by atoms with Gasteiger partial charge in [0.15, 0.2) is 0 Å². The molecule has 0 saturated heterocycles. The molecule has 0 atom stereocenters. The molecule has 0 spiro atoms. The Bertz CT molecular complexity index is 796. The summed E-state index contributed by atoms with van der Waals surface area (Å²) in [5.74, 6) is -0.833. The minimum Gasteiger partial charge on any atom is -0.481 e. The molecule has 0 amide bonds. The fraction of sp³-hybridized carbons (Fsp3) is 0.300. The predicted octanol–water partition coefficient (Wildman–Crippen LogP) is 0.899. The van der Waals surface area contributed by atoms with Gasteiger partial charge in [0.25, 0.3) is 5.97 Å². The van der Waals surface area contributed by atoms with Crippen molar-refractivity contribution in [1.82, 2.24) is 0 Å². The fourth-order valence-electron chi connectivity index (χ4n) is 0.534. The lowest BCUT2D eigenvalue weighted by Gasteiger charge is -1.97. The van der Waals surface area contributed by atoms with Gasteiger partial charge < -0.3 is 19.8 Å². The number of aliphatic carboxylic acids is 1. The van der Waals surface area contributed by atoms with E-state index in [0.717, 1.165) is 6.92 Å². The number of carboxylic acid groups (broad SMARTS) is 1. The van der Waals surface area contributed by atoms with E-state index in [2.05, 4.69) is 19.1 Å². The number of alkyl halides is 3. The second-order valence-corrected chi connectivity index (χ2v) is 7.39. The van der Waals surface area contributed by atoms with E-state index < -0.39 is 39.8 Å². The van der Waals surface area contributed by atoms with Crippen LogP contribution in [0.1, 0.15) is 12.5 Å².